The van der Waals surface area contributed by atoms with Crippen LogP contribution in [-0.4, -0.2) is 36.1 Å². The van der Waals surface area contributed by atoms with Gasteiger partial charge < -0.3 is 16.0 Å². The molecule has 0 aromatic carbocycles. The molecule has 14 heavy (non-hydrogen) atoms. The lowest BCUT2D eigenvalue weighted by molar-refractivity contribution is 0.205. The second-order valence-electron chi connectivity index (χ2n) is 4.01. The summed E-state index contributed by atoms with van der Waals surface area (Å²) < 4.78 is 0. The van der Waals surface area contributed by atoms with Crippen LogP contribution in [0.15, 0.2) is 12.3 Å². The molecule has 1 aliphatic rings. The van der Waals surface area contributed by atoms with E-state index in [2.05, 4.69) is 22.2 Å². The van der Waals surface area contributed by atoms with Crippen LogP contribution in [-0.2, 0) is 0 Å². The maximum absolute atomic E-state index is 5.84. The number of nitrogens with zero attached hydrogens (tertiary/aromatic N) is 2. The van der Waals surface area contributed by atoms with Crippen molar-refractivity contribution in [1.82, 2.24) is 9.88 Å². The predicted molar refractivity (Wildman–Crippen MR) is 58.3 cm³/mol. The Kier molecular flexibility index (Phi) is 2.29. The van der Waals surface area contributed by atoms with E-state index in [1.807, 2.05) is 19.2 Å². The summed E-state index contributed by atoms with van der Waals surface area (Å²) in [4.78, 5) is 6.52. The van der Waals surface area contributed by atoms with Gasteiger partial charge in [-0.15, -0.1) is 0 Å². The molecule has 0 aliphatic carbocycles. The van der Waals surface area contributed by atoms with Crippen molar-refractivity contribution in [3.8, 4) is 0 Å². The van der Waals surface area contributed by atoms with Gasteiger partial charge in [0.15, 0.2) is 0 Å². The van der Waals surface area contributed by atoms with Crippen molar-refractivity contribution < 1.29 is 0 Å². The minimum absolute atomic E-state index is 0.498. The molecule has 2 rings (SSSR count). The zero-order chi connectivity index (χ0) is 10.1. The standard InChI is InChI=1S/C10H16N4/c1-7-3-9(11)10(12-4-7)13-8-5-14(2)6-8/h3-4,8H,5-6,11H2,1-2H3,(H,12,13). The van der Waals surface area contributed by atoms with E-state index in [-0.39, 0.29) is 0 Å². The predicted octanol–water partition coefficient (Wildman–Crippen LogP) is 0.698. The number of hydrogen-bond acceptors (Lipinski definition) is 4. The second-order valence-corrected chi connectivity index (χ2v) is 4.01. The topological polar surface area (TPSA) is 54.2 Å². The molecule has 0 spiro atoms. The number of nitrogens with two attached hydrogens (primary N) is 1. The summed E-state index contributed by atoms with van der Waals surface area (Å²) >= 11 is 0. The lowest BCUT2D eigenvalue weighted by atomic mass is 10.1. The number of hydrogen-bond donors (Lipinski definition) is 2. The second kappa shape index (κ2) is 3.46. The Morgan fingerprint density at radius 2 is 2.29 bits per heavy atom. The van der Waals surface area contributed by atoms with Gasteiger partial charge in [0, 0.05) is 19.3 Å². The molecule has 0 bridgehead atoms. The lowest BCUT2D eigenvalue weighted by Gasteiger charge is -2.37. The molecule has 0 unspecified atom stereocenters. The first-order valence-corrected chi connectivity index (χ1v) is 4.82. The number of aromatic nitrogens is 1. The Morgan fingerprint density at radius 1 is 1.57 bits per heavy atom. The van der Waals surface area contributed by atoms with Gasteiger partial charge in [-0.1, -0.05) is 0 Å². The molecule has 0 saturated carbocycles. The van der Waals surface area contributed by atoms with Crippen LogP contribution in [0.5, 0.6) is 0 Å². The first kappa shape index (κ1) is 9.27. The quantitative estimate of drug-likeness (QED) is 0.724. The number of nitrogens with one attached hydrogen (secondary N) is 1. The lowest BCUT2D eigenvalue weighted by Crippen LogP contribution is -2.52. The Labute approximate surface area is 84.1 Å². The largest absolute Gasteiger partial charge is 0.396 e. The highest BCUT2D eigenvalue weighted by molar-refractivity contribution is 5.62. The number of aryl methyl sites for hydroxylation is 1. The van der Waals surface area contributed by atoms with E-state index in [0.29, 0.717) is 6.04 Å². The van der Waals surface area contributed by atoms with Crippen molar-refractivity contribution in [3.05, 3.63) is 17.8 Å². The van der Waals surface area contributed by atoms with Gasteiger partial charge in [0.1, 0.15) is 5.82 Å². The van der Waals surface area contributed by atoms with Gasteiger partial charge in [-0.3, -0.25) is 0 Å². The van der Waals surface area contributed by atoms with Crippen molar-refractivity contribution in [2.45, 2.75) is 13.0 Å². The zero-order valence-electron chi connectivity index (χ0n) is 8.62. The van der Waals surface area contributed by atoms with Crippen LogP contribution in [0.2, 0.25) is 0 Å². The number of likely N-dealkylation sites (N-methyl/N-ethyl adjacent to an activating group) is 1. The third-order valence-electron chi connectivity index (χ3n) is 2.46. The molecule has 1 aromatic rings. The highest BCUT2D eigenvalue weighted by Gasteiger charge is 2.23. The first-order chi connectivity index (χ1) is 6.65. The molecular formula is C10H16N4. The summed E-state index contributed by atoms with van der Waals surface area (Å²) in [6.45, 7) is 4.12. The first-order valence-electron chi connectivity index (χ1n) is 4.82. The summed E-state index contributed by atoms with van der Waals surface area (Å²) in [5.41, 5.74) is 7.68. The summed E-state index contributed by atoms with van der Waals surface area (Å²) in [6.07, 6.45) is 1.83. The smallest absolute Gasteiger partial charge is 0.149 e. The molecule has 0 radical (unpaired) electrons. The summed E-state index contributed by atoms with van der Waals surface area (Å²) in [7, 11) is 2.10. The Morgan fingerprint density at radius 3 is 2.86 bits per heavy atom. The van der Waals surface area contributed by atoms with Crippen LogP contribution in [0.1, 0.15) is 5.56 Å². The van der Waals surface area contributed by atoms with Crippen molar-refractivity contribution in [2.75, 3.05) is 31.2 Å². The van der Waals surface area contributed by atoms with Gasteiger partial charge in [0.2, 0.25) is 0 Å². The summed E-state index contributed by atoms with van der Waals surface area (Å²) in [6, 6.07) is 2.44. The minimum atomic E-state index is 0.498. The van der Waals surface area contributed by atoms with Crippen molar-refractivity contribution in [3.63, 3.8) is 0 Å². The summed E-state index contributed by atoms with van der Waals surface area (Å²) in [5.74, 6) is 0.814. The zero-order valence-corrected chi connectivity index (χ0v) is 8.62. The van der Waals surface area contributed by atoms with E-state index < -0.39 is 0 Å². The van der Waals surface area contributed by atoms with E-state index in [1.54, 1.807) is 0 Å². The van der Waals surface area contributed by atoms with Gasteiger partial charge in [-0.2, -0.15) is 0 Å². The normalized spacial score (nSPS) is 17.9. The van der Waals surface area contributed by atoms with Crippen LogP contribution in [0, 0.1) is 6.92 Å². The summed E-state index contributed by atoms with van der Waals surface area (Å²) in [5, 5.41) is 3.33. The monoisotopic (exact) mass is 192 g/mol. The number of anilines is 2. The van der Waals surface area contributed by atoms with E-state index in [9.17, 15) is 0 Å². The fourth-order valence-electron chi connectivity index (χ4n) is 1.70. The van der Waals surface area contributed by atoms with Crippen molar-refractivity contribution >= 4 is 11.5 Å². The molecule has 1 fully saturated rings. The average molecular weight is 192 g/mol. The van der Waals surface area contributed by atoms with Crippen molar-refractivity contribution in [1.29, 1.82) is 0 Å². The van der Waals surface area contributed by atoms with Crippen LogP contribution in [0.25, 0.3) is 0 Å². The van der Waals surface area contributed by atoms with E-state index in [4.69, 9.17) is 5.73 Å². The number of pyridine rings is 1. The van der Waals surface area contributed by atoms with Gasteiger partial charge in [0.25, 0.3) is 0 Å². The SMILES string of the molecule is Cc1cnc(NC2CN(C)C2)c(N)c1. The third-order valence-corrected chi connectivity index (χ3v) is 2.46. The molecule has 1 saturated heterocycles. The molecule has 4 heteroatoms. The van der Waals surface area contributed by atoms with Gasteiger partial charge in [-0.05, 0) is 25.6 Å². The molecule has 76 valence electrons. The van der Waals surface area contributed by atoms with Gasteiger partial charge in [-0.25, -0.2) is 4.98 Å². The van der Waals surface area contributed by atoms with Crippen LogP contribution < -0.4 is 11.1 Å². The highest BCUT2D eigenvalue weighted by atomic mass is 15.2. The van der Waals surface area contributed by atoms with Crippen molar-refractivity contribution in [2.24, 2.45) is 0 Å². The Bertz CT molecular complexity index is 331. The van der Waals surface area contributed by atoms with Crippen LogP contribution in [0.4, 0.5) is 11.5 Å². The average Bonchev–Trinajstić information content (AvgIpc) is 2.06. The van der Waals surface area contributed by atoms with Crippen LogP contribution >= 0.6 is 0 Å². The third kappa shape index (κ3) is 1.80. The molecule has 1 aromatic heterocycles. The number of likely N-dealkylation sites (tertiary alicyclic amines) is 1. The minimum Gasteiger partial charge on any atom is -0.396 e. The van der Waals surface area contributed by atoms with Gasteiger partial charge >= 0.3 is 0 Å². The molecule has 4 nitrogen and oxygen atoms in total. The fraction of sp³-hybridized carbons (Fsp3) is 0.500. The molecule has 0 amide bonds. The molecular weight excluding hydrogens is 176 g/mol. The molecule has 0 atom stereocenters. The highest BCUT2D eigenvalue weighted by Crippen LogP contribution is 2.19. The maximum Gasteiger partial charge on any atom is 0.149 e. The van der Waals surface area contributed by atoms with E-state index >= 15 is 0 Å². The van der Waals surface area contributed by atoms with Gasteiger partial charge in [0.05, 0.1) is 11.7 Å². The van der Waals surface area contributed by atoms with Crippen LogP contribution in [0.3, 0.4) is 0 Å². The van der Waals surface area contributed by atoms with E-state index in [1.165, 1.54) is 0 Å². The maximum atomic E-state index is 5.84. The molecule has 2 heterocycles. The van der Waals surface area contributed by atoms with E-state index in [0.717, 1.165) is 30.2 Å². The molecule has 1 aliphatic heterocycles. The molecule has 3 N–H and O–H groups in total. The Balaban J connectivity index is 2.02. The fourth-order valence-corrected chi connectivity index (χ4v) is 1.70. The number of nitrogen functional groups attached to an aromatic ring is 1. The Hall–Kier alpha value is -1.29. The number of rotatable bonds is 2.